The highest BCUT2D eigenvalue weighted by molar-refractivity contribution is 5.98. The molecule has 1 saturated heterocycles. The van der Waals surface area contributed by atoms with Crippen LogP contribution in [0.4, 0.5) is 4.79 Å². The number of fused-ring (bicyclic) bond motifs is 1. The molecular weight excluding hydrogens is 348 g/mol. The number of carbonyl (C=O) groups excluding carboxylic acids is 2. The van der Waals surface area contributed by atoms with Gasteiger partial charge >= 0.3 is 6.09 Å². The minimum absolute atomic E-state index is 0.0562. The van der Waals surface area contributed by atoms with Crippen LogP contribution in [-0.4, -0.2) is 55.3 Å². The number of nitrogens with zero attached hydrogens (tertiary/aromatic N) is 1. The molecule has 0 spiro atoms. The lowest BCUT2D eigenvalue weighted by molar-refractivity contribution is 0.0502. The molecule has 1 N–H and O–H groups in total. The largest absolute Gasteiger partial charge is 0.486 e. The van der Waals surface area contributed by atoms with Crippen molar-refractivity contribution in [1.29, 1.82) is 0 Å². The van der Waals surface area contributed by atoms with Gasteiger partial charge in [0.25, 0.3) is 5.91 Å². The number of rotatable bonds is 3. The van der Waals surface area contributed by atoms with E-state index in [2.05, 4.69) is 5.32 Å². The van der Waals surface area contributed by atoms with Gasteiger partial charge in [-0.05, 0) is 51.7 Å². The predicted molar refractivity (Wildman–Crippen MR) is 100 cm³/mol. The highest BCUT2D eigenvalue weighted by atomic mass is 16.6. The molecular formula is C20H28N2O5. The van der Waals surface area contributed by atoms with Crippen molar-refractivity contribution in [3.63, 3.8) is 0 Å². The molecule has 1 aromatic rings. The van der Waals surface area contributed by atoms with E-state index < -0.39 is 11.7 Å². The highest BCUT2D eigenvalue weighted by Gasteiger charge is 2.29. The van der Waals surface area contributed by atoms with Gasteiger partial charge in [0.1, 0.15) is 18.8 Å². The second-order valence-electron chi connectivity index (χ2n) is 7.97. The van der Waals surface area contributed by atoms with Crippen molar-refractivity contribution < 1.29 is 23.8 Å². The van der Waals surface area contributed by atoms with Crippen LogP contribution in [0.1, 0.15) is 44.0 Å². The Kier molecular flexibility index (Phi) is 5.77. The Morgan fingerprint density at radius 3 is 2.81 bits per heavy atom. The van der Waals surface area contributed by atoms with Gasteiger partial charge in [0.15, 0.2) is 11.5 Å². The fraction of sp³-hybridized carbons (Fsp3) is 0.600. The number of nitrogens with one attached hydrogen (secondary N) is 1. The fourth-order valence-corrected chi connectivity index (χ4v) is 3.37. The second kappa shape index (κ2) is 8.06. The molecule has 1 aromatic carbocycles. The lowest BCUT2D eigenvalue weighted by Gasteiger charge is -2.33. The van der Waals surface area contributed by atoms with E-state index in [0.29, 0.717) is 49.9 Å². The summed E-state index contributed by atoms with van der Waals surface area (Å²) in [5.41, 5.74) is 0.0144. The Hall–Kier alpha value is -2.44. The first-order valence-corrected chi connectivity index (χ1v) is 9.48. The van der Waals surface area contributed by atoms with Gasteiger partial charge in [0.05, 0.1) is 5.56 Å². The van der Waals surface area contributed by atoms with Gasteiger partial charge in [-0.1, -0.05) is 6.07 Å². The zero-order chi connectivity index (χ0) is 19.4. The summed E-state index contributed by atoms with van der Waals surface area (Å²) in [7, 11) is 0. The Bertz CT molecular complexity index is 698. The third kappa shape index (κ3) is 5.05. The maximum atomic E-state index is 13.0. The summed E-state index contributed by atoms with van der Waals surface area (Å²) >= 11 is 0. The van der Waals surface area contributed by atoms with Crippen LogP contribution in [0.3, 0.4) is 0 Å². The van der Waals surface area contributed by atoms with E-state index >= 15 is 0 Å². The summed E-state index contributed by atoms with van der Waals surface area (Å²) in [6, 6.07) is 5.40. The third-order valence-electron chi connectivity index (χ3n) is 4.54. The molecule has 0 radical (unpaired) electrons. The van der Waals surface area contributed by atoms with Crippen LogP contribution in [-0.2, 0) is 4.74 Å². The van der Waals surface area contributed by atoms with Crippen molar-refractivity contribution >= 4 is 12.0 Å². The van der Waals surface area contributed by atoms with Crippen LogP contribution in [0, 0.1) is 5.92 Å². The van der Waals surface area contributed by atoms with E-state index in [1.54, 1.807) is 6.07 Å². The number of hydrogen-bond acceptors (Lipinski definition) is 5. The Morgan fingerprint density at radius 1 is 1.26 bits per heavy atom. The first-order valence-electron chi connectivity index (χ1n) is 9.48. The number of amides is 2. The summed E-state index contributed by atoms with van der Waals surface area (Å²) in [5.74, 6) is 1.29. The molecule has 0 aliphatic carbocycles. The van der Waals surface area contributed by atoms with Gasteiger partial charge < -0.3 is 24.4 Å². The molecule has 0 aromatic heterocycles. The molecule has 2 heterocycles. The van der Waals surface area contributed by atoms with Crippen LogP contribution < -0.4 is 14.8 Å². The van der Waals surface area contributed by atoms with Crippen molar-refractivity contribution in [1.82, 2.24) is 10.2 Å². The Balaban J connectivity index is 1.60. The maximum absolute atomic E-state index is 13.0. The first kappa shape index (κ1) is 19.3. The molecule has 7 nitrogen and oxygen atoms in total. The number of benzene rings is 1. The summed E-state index contributed by atoms with van der Waals surface area (Å²) in [6.45, 7) is 8.23. The van der Waals surface area contributed by atoms with E-state index in [-0.39, 0.29) is 11.8 Å². The topological polar surface area (TPSA) is 77.1 Å². The van der Waals surface area contributed by atoms with E-state index in [1.807, 2.05) is 37.8 Å². The van der Waals surface area contributed by atoms with Gasteiger partial charge in [0, 0.05) is 19.6 Å². The highest BCUT2D eigenvalue weighted by Crippen LogP contribution is 2.34. The molecule has 148 valence electrons. The fourth-order valence-electron chi connectivity index (χ4n) is 3.37. The summed E-state index contributed by atoms with van der Waals surface area (Å²) in [4.78, 5) is 26.7. The molecule has 2 aliphatic rings. The number of para-hydroxylation sites is 1. The molecule has 7 heteroatoms. The Labute approximate surface area is 160 Å². The maximum Gasteiger partial charge on any atom is 0.407 e. The second-order valence-corrected chi connectivity index (χ2v) is 7.97. The van der Waals surface area contributed by atoms with Crippen LogP contribution in [0.15, 0.2) is 18.2 Å². The van der Waals surface area contributed by atoms with E-state index in [9.17, 15) is 9.59 Å². The molecule has 2 aliphatic heterocycles. The number of piperidine rings is 1. The van der Waals surface area contributed by atoms with Crippen LogP contribution >= 0.6 is 0 Å². The molecule has 27 heavy (non-hydrogen) atoms. The van der Waals surface area contributed by atoms with Gasteiger partial charge in [-0.3, -0.25) is 4.79 Å². The van der Waals surface area contributed by atoms with Gasteiger partial charge in [-0.25, -0.2) is 4.79 Å². The van der Waals surface area contributed by atoms with E-state index in [0.717, 1.165) is 12.8 Å². The van der Waals surface area contributed by atoms with E-state index in [1.165, 1.54) is 0 Å². The zero-order valence-corrected chi connectivity index (χ0v) is 16.2. The van der Waals surface area contributed by atoms with Gasteiger partial charge in [0.2, 0.25) is 0 Å². The van der Waals surface area contributed by atoms with Crippen molar-refractivity contribution in [2.75, 3.05) is 32.8 Å². The molecule has 3 rings (SSSR count). The number of alkyl carbamates (subject to hydrolysis) is 1. The number of hydrogen-bond donors (Lipinski definition) is 1. The van der Waals surface area contributed by atoms with Crippen LogP contribution in [0.5, 0.6) is 11.5 Å². The van der Waals surface area contributed by atoms with Gasteiger partial charge in [-0.15, -0.1) is 0 Å². The lowest BCUT2D eigenvalue weighted by atomic mass is 9.97. The van der Waals surface area contributed by atoms with Gasteiger partial charge in [-0.2, -0.15) is 0 Å². The van der Waals surface area contributed by atoms with Crippen molar-refractivity contribution in [2.24, 2.45) is 5.92 Å². The smallest absolute Gasteiger partial charge is 0.407 e. The molecule has 0 saturated carbocycles. The summed E-state index contributed by atoms with van der Waals surface area (Å²) in [6.07, 6.45) is 1.44. The number of carbonyl (C=O) groups is 2. The van der Waals surface area contributed by atoms with Crippen LogP contribution in [0.25, 0.3) is 0 Å². The third-order valence-corrected chi connectivity index (χ3v) is 4.54. The predicted octanol–water partition coefficient (Wildman–Crippen LogP) is 2.83. The summed E-state index contributed by atoms with van der Waals surface area (Å²) in [5, 5.41) is 2.81. The molecule has 0 bridgehead atoms. The average Bonchev–Trinajstić information content (AvgIpc) is 2.64. The van der Waals surface area contributed by atoms with E-state index in [4.69, 9.17) is 14.2 Å². The number of ether oxygens (including phenoxy) is 3. The average molecular weight is 376 g/mol. The quantitative estimate of drug-likeness (QED) is 0.878. The van der Waals surface area contributed by atoms with Crippen molar-refractivity contribution in [3.8, 4) is 11.5 Å². The lowest BCUT2D eigenvalue weighted by Crippen LogP contribution is -2.44. The monoisotopic (exact) mass is 376 g/mol. The van der Waals surface area contributed by atoms with Crippen molar-refractivity contribution in [3.05, 3.63) is 23.8 Å². The minimum atomic E-state index is -0.521. The number of likely N-dealkylation sites (tertiary alicyclic amines) is 1. The SMILES string of the molecule is CC(C)(C)OC(=O)NC[C@@H]1CCCN(C(=O)c2cccc3c2OCCO3)C1. The van der Waals surface area contributed by atoms with Crippen molar-refractivity contribution in [2.45, 2.75) is 39.2 Å². The molecule has 2 amide bonds. The molecule has 1 fully saturated rings. The Morgan fingerprint density at radius 2 is 2.04 bits per heavy atom. The summed E-state index contributed by atoms with van der Waals surface area (Å²) < 4.78 is 16.5. The zero-order valence-electron chi connectivity index (χ0n) is 16.2. The normalized spacial score (nSPS) is 19.4. The standard InChI is InChI=1S/C20H28N2O5/c1-20(2,3)27-19(24)21-12-14-6-5-9-22(13-14)18(23)15-7-4-8-16-17(15)26-11-10-25-16/h4,7-8,14H,5-6,9-13H2,1-3H3,(H,21,24)/t14-/m0/s1. The van der Waals surface area contributed by atoms with Crippen LogP contribution in [0.2, 0.25) is 0 Å². The molecule has 0 unspecified atom stereocenters. The first-order chi connectivity index (χ1) is 12.8. The molecule has 1 atom stereocenters. The minimum Gasteiger partial charge on any atom is -0.486 e.